The van der Waals surface area contributed by atoms with Gasteiger partial charge in [0, 0.05) is 5.56 Å². The standard InChI is InChI=1S/C18H19FO2/c1-4-15(18(20)21)13-5-6-16(17(19)10-13)14-8-11(2)7-12(3)9-14/h5-10,15H,4H2,1-3H3,(H,20,21). The first-order valence-electron chi connectivity index (χ1n) is 7.03. The summed E-state index contributed by atoms with van der Waals surface area (Å²) in [6, 6.07) is 10.6. The maximum Gasteiger partial charge on any atom is 0.310 e. The lowest BCUT2D eigenvalue weighted by atomic mass is 9.93. The molecule has 2 aromatic carbocycles. The molecule has 0 radical (unpaired) electrons. The highest BCUT2D eigenvalue weighted by molar-refractivity contribution is 5.76. The lowest BCUT2D eigenvalue weighted by Crippen LogP contribution is -2.10. The lowest BCUT2D eigenvalue weighted by Gasteiger charge is -2.12. The molecule has 2 rings (SSSR count). The second kappa shape index (κ2) is 6.08. The highest BCUT2D eigenvalue weighted by Crippen LogP contribution is 2.29. The van der Waals surface area contributed by atoms with Crippen LogP contribution in [0.2, 0.25) is 0 Å². The Balaban J connectivity index is 2.46. The number of aliphatic carboxylic acids is 1. The molecule has 2 nitrogen and oxygen atoms in total. The smallest absolute Gasteiger partial charge is 0.310 e. The summed E-state index contributed by atoms with van der Waals surface area (Å²) in [5, 5.41) is 9.15. The molecule has 0 amide bonds. The second-order valence-corrected chi connectivity index (χ2v) is 5.41. The zero-order chi connectivity index (χ0) is 15.6. The summed E-state index contributed by atoms with van der Waals surface area (Å²) in [5.41, 5.74) is 3.98. The van der Waals surface area contributed by atoms with E-state index < -0.39 is 11.9 Å². The van der Waals surface area contributed by atoms with Crippen LogP contribution in [0.3, 0.4) is 0 Å². The fourth-order valence-corrected chi connectivity index (χ4v) is 2.67. The van der Waals surface area contributed by atoms with Crippen molar-refractivity contribution < 1.29 is 14.3 Å². The van der Waals surface area contributed by atoms with Crippen molar-refractivity contribution in [3.05, 3.63) is 58.9 Å². The molecule has 0 spiro atoms. The predicted octanol–water partition coefficient (Wildman–Crippen LogP) is 4.69. The minimum absolute atomic E-state index is 0.378. The van der Waals surface area contributed by atoms with Crippen molar-refractivity contribution in [3.8, 4) is 11.1 Å². The Labute approximate surface area is 124 Å². The van der Waals surface area contributed by atoms with Crippen LogP contribution in [0.1, 0.15) is 36.0 Å². The SMILES string of the molecule is CCC(C(=O)O)c1ccc(-c2cc(C)cc(C)c2)c(F)c1. The molecule has 0 aromatic heterocycles. The van der Waals surface area contributed by atoms with Gasteiger partial charge in [0.2, 0.25) is 0 Å². The Morgan fingerprint density at radius 1 is 1.14 bits per heavy atom. The molecule has 1 N–H and O–H groups in total. The topological polar surface area (TPSA) is 37.3 Å². The molecule has 1 unspecified atom stereocenters. The van der Waals surface area contributed by atoms with Gasteiger partial charge in [0.1, 0.15) is 5.82 Å². The van der Waals surface area contributed by atoms with E-state index in [4.69, 9.17) is 5.11 Å². The number of rotatable bonds is 4. The lowest BCUT2D eigenvalue weighted by molar-refractivity contribution is -0.138. The fraction of sp³-hybridized carbons (Fsp3) is 0.278. The van der Waals surface area contributed by atoms with Gasteiger partial charge >= 0.3 is 5.97 Å². The van der Waals surface area contributed by atoms with Crippen LogP contribution in [0.25, 0.3) is 11.1 Å². The maximum absolute atomic E-state index is 14.4. The Bertz CT molecular complexity index is 657. The van der Waals surface area contributed by atoms with Gasteiger partial charge in [0.25, 0.3) is 0 Å². The quantitative estimate of drug-likeness (QED) is 0.885. The molecule has 1 atom stereocenters. The van der Waals surface area contributed by atoms with Gasteiger partial charge in [0.05, 0.1) is 5.92 Å². The van der Waals surface area contributed by atoms with Crippen LogP contribution in [0.15, 0.2) is 36.4 Å². The van der Waals surface area contributed by atoms with Crippen LogP contribution in [-0.2, 0) is 4.79 Å². The first-order chi connectivity index (χ1) is 9.92. The summed E-state index contributed by atoms with van der Waals surface area (Å²) in [7, 11) is 0. The van der Waals surface area contributed by atoms with E-state index in [2.05, 4.69) is 0 Å². The molecule has 21 heavy (non-hydrogen) atoms. The molecule has 0 aliphatic rings. The number of aryl methyl sites for hydroxylation is 2. The molecular formula is C18H19FO2. The Hall–Kier alpha value is -2.16. The molecule has 3 heteroatoms. The number of carboxylic acids is 1. The van der Waals surface area contributed by atoms with Crippen molar-refractivity contribution in [2.24, 2.45) is 0 Å². The van der Waals surface area contributed by atoms with Crippen molar-refractivity contribution in [2.45, 2.75) is 33.1 Å². The molecular weight excluding hydrogens is 267 g/mol. The van der Waals surface area contributed by atoms with E-state index in [9.17, 15) is 9.18 Å². The third-order valence-electron chi connectivity index (χ3n) is 3.63. The van der Waals surface area contributed by atoms with Crippen molar-refractivity contribution in [2.75, 3.05) is 0 Å². The van der Waals surface area contributed by atoms with Crippen LogP contribution in [0.5, 0.6) is 0 Å². The Kier molecular flexibility index (Phi) is 4.41. The van der Waals surface area contributed by atoms with Gasteiger partial charge < -0.3 is 5.11 Å². The number of halogens is 1. The molecule has 0 bridgehead atoms. The van der Waals surface area contributed by atoms with Gasteiger partial charge in [-0.2, -0.15) is 0 Å². The van der Waals surface area contributed by atoms with Gasteiger partial charge in [-0.1, -0.05) is 48.4 Å². The summed E-state index contributed by atoms with van der Waals surface area (Å²) in [6.45, 7) is 5.73. The summed E-state index contributed by atoms with van der Waals surface area (Å²) in [6.07, 6.45) is 0.442. The molecule has 0 aliphatic carbocycles. The van der Waals surface area contributed by atoms with Crippen LogP contribution >= 0.6 is 0 Å². The van der Waals surface area contributed by atoms with E-state index >= 15 is 0 Å². The van der Waals surface area contributed by atoms with Gasteiger partial charge in [-0.15, -0.1) is 0 Å². The van der Waals surface area contributed by atoms with E-state index in [1.807, 2.05) is 32.0 Å². The number of hydrogen-bond acceptors (Lipinski definition) is 1. The van der Waals surface area contributed by atoms with Crippen molar-refractivity contribution in [1.82, 2.24) is 0 Å². The van der Waals surface area contributed by atoms with E-state index in [0.717, 1.165) is 16.7 Å². The zero-order valence-electron chi connectivity index (χ0n) is 12.5. The molecule has 0 heterocycles. The molecule has 0 aliphatic heterocycles. The first kappa shape index (κ1) is 15.2. The zero-order valence-corrected chi connectivity index (χ0v) is 12.5. The summed E-state index contributed by atoms with van der Waals surface area (Å²) in [4.78, 5) is 11.2. The van der Waals surface area contributed by atoms with Gasteiger partial charge in [0.15, 0.2) is 0 Å². The van der Waals surface area contributed by atoms with Crippen LogP contribution in [-0.4, -0.2) is 11.1 Å². The average molecular weight is 286 g/mol. The molecule has 2 aromatic rings. The third kappa shape index (κ3) is 3.30. The number of carbonyl (C=O) groups is 1. The van der Waals surface area contributed by atoms with E-state index in [0.29, 0.717) is 17.5 Å². The highest BCUT2D eigenvalue weighted by atomic mass is 19.1. The van der Waals surface area contributed by atoms with Gasteiger partial charge in [-0.05, 0) is 37.5 Å². The van der Waals surface area contributed by atoms with Crippen LogP contribution in [0.4, 0.5) is 4.39 Å². The van der Waals surface area contributed by atoms with Crippen molar-refractivity contribution in [3.63, 3.8) is 0 Å². The Morgan fingerprint density at radius 2 is 1.76 bits per heavy atom. The van der Waals surface area contributed by atoms with Gasteiger partial charge in [-0.3, -0.25) is 4.79 Å². The first-order valence-corrected chi connectivity index (χ1v) is 7.03. The molecule has 110 valence electrons. The summed E-state index contributed by atoms with van der Waals surface area (Å²) < 4.78 is 14.4. The highest BCUT2D eigenvalue weighted by Gasteiger charge is 2.19. The van der Waals surface area contributed by atoms with E-state index in [-0.39, 0.29) is 5.82 Å². The molecule has 0 saturated carbocycles. The summed E-state index contributed by atoms with van der Waals surface area (Å²) in [5.74, 6) is -1.96. The van der Waals surface area contributed by atoms with Gasteiger partial charge in [-0.25, -0.2) is 4.39 Å². The largest absolute Gasteiger partial charge is 0.481 e. The third-order valence-corrected chi connectivity index (χ3v) is 3.63. The number of benzene rings is 2. The van der Waals surface area contributed by atoms with E-state index in [1.165, 1.54) is 6.07 Å². The van der Waals surface area contributed by atoms with E-state index in [1.54, 1.807) is 19.1 Å². The van der Waals surface area contributed by atoms with Crippen LogP contribution in [0, 0.1) is 19.7 Å². The predicted molar refractivity (Wildman–Crippen MR) is 82.0 cm³/mol. The van der Waals surface area contributed by atoms with Crippen molar-refractivity contribution >= 4 is 5.97 Å². The minimum Gasteiger partial charge on any atom is -0.481 e. The fourth-order valence-electron chi connectivity index (χ4n) is 2.67. The Morgan fingerprint density at radius 3 is 2.24 bits per heavy atom. The normalized spacial score (nSPS) is 12.2. The minimum atomic E-state index is -0.920. The monoisotopic (exact) mass is 286 g/mol. The average Bonchev–Trinajstić information content (AvgIpc) is 2.37. The van der Waals surface area contributed by atoms with Crippen molar-refractivity contribution in [1.29, 1.82) is 0 Å². The second-order valence-electron chi connectivity index (χ2n) is 5.41. The number of carboxylic acid groups (broad SMARTS) is 1. The van der Waals surface area contributed by atoms with Crippen LogP contribution < -0.4 is 0 Å². The number of hydrogen-bond donors (Lipinski definition) is 1. The molecule has 0 saturated heterocycles. The maximum atomic E-state index is 14.4. The summed E-state index contributed by atoms with van der Waals surface area (Å²) >= 11 is 0. The molecule has 0 fully saturated rings.